The molecule has 6 N–H and O–H groups in total. The number of thioether (sulfide) groups is 1. The molecule has 13 heterocycles. The predicted octanol–water partition coefficient (Wildman–Crippen LogP) is 6.70. The van der Waals surface area contributed by atoms with E-state index in [1.165, 1.54) is 19.3 Å². The number of likely N-dealkylation sites (tertiary alicyclic amines) is 1. The Balaban J connectivity index is 0.791. The third-order valence-corrected chi connectivity index (χ3v) is 20.1. The molecule has 7 saturated heterocycles. The smallest absolute Gasteiger partial charge is 0.197 e. The van der Waals surface area contributed by atoms with Gasteiger partial charge in [-0.15, -0.1) is 34.4 Å². The van der Waals surface area contributed by atoms with Gasteiger partial charge in [-0.25, -0.2) is 19.9 Å². The van der Waals surface area contributed by atoms with Gasteiger partial charge in [0.25, 0.3) is 0 Å². The maximum absolute atomic E-state index is 7.23. The van der Waals surface area contributed by atoms with Gasteiger partial charge in [0.05, 0.1) is 60.9 Å². The maximum atomic E-state index is 7.23. The van der Waals surface area contributed by atoms with Gasteiger partial charge in [0.15, 0.2) is 17.3 Å². The number of piperidine rings is 1. The highest BCUT2D eigenvalue weighted by Crippen LogP contribution is 2.48. The number of morpholine rings is 1. The van der Waals surface area contributed by atoms with Gasteiger partial charge in [0.2, 0.25) is 0 Å². The first-order valence-electron chi connectivity index (χ1n) is 26.9. The Hall–Kier alpha value is -4.39. The van der Waals surface area contributed by atoms with E-state index in [1.807, 2.05) is 30.7 Å². The number of aromatic nitrogens is 6. The molecule has 14 rings (SSSR count). The zero-order valence-corrected chi connectivity index (χ0v) is 44.0. The molecule has 7 fully saturated rings. The van der Waals surface area contributed by atoms with E-state index in [9.17, 15) is 0 Å². The number of nitrogens with one attached hydrogen (secondary N) is 6. The third-order valence-electron chi connectivity index (χ3n) is 16.9. The topological polar surface area (TPSA) is 182 Å². The Morgan fingerprint density at radius 1 is 0.811 bits per heavy atom. The lowest BCUT2D eigenvalue weighted by Crippen LogP contribution is -2.76. The van der Waals surface area contributed by atoms with E-state index in [0.29, 0.717) is 32.2 Å². The third kappa shape index (κ3) is 8.34. The van der Waals surface area contributed by atoms with Gasteiger partial charge < -0.3 is 39.2 Å². The minimum Gasteiger partial charge on any atom is -0.462 e. The molecule has 20 heteroatoms. The molecule has 7 aliphatic heterocycles. The molecule has 9 unspecified atom stereocenters. The number of aromatic amines is 2. The second-order valence-electron chi connectivity index (χ2n) is 20.8. The van der Waals surface area contributed by atoms with Gasteiger partial charge in [-0.3, -0.25) is 25.3 Å². The average Bonchev–Trinajstić information content (AvgIpc) is 4.30. The molecule has 388 valence electrons. The number of thiophene rings is 1. The first kappa shape index (κ1) is 48.0. The first-order valence-corrected chi connectivity index (χ1v) is 29.7. The summed E-state index contributed by atoms with van der Waals surface area (Å²) in [7, 11) is 0. The molecular weight excluding hydrogens is 991 g/mol. The molecule has 7 aromatic rings. The van der Waals surface area contributed by atoms with Crippen LogP contribution in [0.4, 0.5) is 0 Å². The van der Waals surface area contributed by atoms with E-state index < -0.39 is 5.72 Å². The summed E-state index contributed by atoms with van der Waals surface area (Å²) in [6.07, 6.45) is 16.0. The number of para-hydroxylation sites is 1. The lowest BCUT2D eigenvalue weighted by Gasteiger charge is -2.56. The number of rotatable bonds is 12. The molecule has 0 amide bonds. The molecule has 7 aliphatic rings. The standard InChI is InChI=1S/C54H65N13O4S3/c1-4-19-65(20-5-1)53(52-59-18-28-73-52)43(67-22-26-68-32-44(67)54(61-17-25-71-54)51-60-30-34-7-2-3-8-38(34)63-51)29-39(64-53)47-41(9-6-23-69-47)66-21-16-55-31-42(66)50-62-40(33-74-50)46-37(11-24-70-46)48-35(12-27-72-48)45-36(10-13-56-45)49-57-14-15-58-49/h2-3,7-8,10-15,24,27,30,33,39,41-44,47,52,55-56,59,61,64H,1,4-6,9,16-23,25-26,28-29,31-32H2,(H,57,58). The van der Waals surface area contributed by atoms with Crippen molar-refractivity contribution in [2.24, 2.45) is 0 Å². The van der Waals surface area contributed by atoms with Crippen molar-refractivity contribution >= 4 is 45.3 Å². The lowest BCUT2D eigenvalue weighted by molar-refractivity contribution is -0.165. The molecule has 0 saturated carbocycles. The summed E-state index contributed by atoms with van der Waals surface area (Å²) in [4.78, 5) is 36.6. The molecule has 0 spiro atoms. The van der Waals surface area contributed by atoms with Crippen molar-refractivity contribution in [1.29, 1.82) is 0 Å². The van der Waals surface area contributed by atoms with Gasteiger partial charge in [-0.05, 0) is 61.7 Å². The number of ether oxygens (including phenoxy) is 3. The van der Waals surface area contributed by atoms with E-state index in [-0.39, 0.29) is 47.3 Å². The Morgan fingerprint density at radius 3 is 2.66 bits per heavy atom. The number of furan rings is 1. The zero-order chi connectivity index (χ0) is 49.1. The molecule has 0 radical (unpaired) electrons. The van der Waals surface area contributed by atoms with Crippen molar-refractivity contribution in [2.45, 2.75) is 91.6 Å². The van der Waals surface area contributed by atoms with Crippen LogP contribution in [0.5, 0.6) is 0 Å². The Kier molecular flexibility index (Phi) is 13.3. The fraction of sp³-hybridized carbons (Fsp3) is 0.519. The van der Waals surface area contributed by atoms with E-state index >= 15 is 0 Å². The van der Waals surface area contributed by atoms with E-state index in [2.05, 4.69) is 104 Å². The van der Waals surface area contributed by atoms with Crippen molar-refractivity contribution in [2.75, 3.05) is 84.5 Å². The van der Waals surface area contributed by atoms with Crippen LogP contribution in [0.3, 0.4) is 0 Å². The summed E-state index contributed by atoms with van der Waals surface area (Å²) >= 11 is 5.54. The number of imidazole rings is 1. The van der Waals surface area contributed by atoms with E-state index in [4.69, 9.17) is 33.6 Å². The Labute approximate surface area is 443 Å². The number of benzene rings is 1. The van der Waals surface area contributed by atoms with Gasteiger partial charge in [-0.1, -0.05) is 24.6 Å². The minimum atomic E-state index is -0.939. The van der Waals surface area contributed by atoms with Gasteiger partial charge in [-0.2, -0.15) is 0 Å². The molecule has 74 heavy (non-hydrogen) atoms. The normalized spacial score (nSPS) is 31.8. The van der Waals surface area contributed by atoms with Crippen LogP contribution in [0.25, 0.3) is 55.4 Å². The Bertz CT molecular complexity index is 3020. The van der Waals surface area contributed by atoms with Crippen LogP contribution in [-0.4, -0.2) is 170 Å². The molecule has 17 nitrogen and oxygen atoms in total. The second kappa shape index (κ2) is 20.5. The summed E-state index contributed by atoms with van der Waals surface area (Å²) in [5, 5.41) is 22.9. The summed E-state index contributed by atoms with van der Waals surface area (Å²) < 4.78 is 27.1. The average molecular weight is 1060 g/mol. The lowest BCUT2D eigenvalue weighted by atomic mass is 9.88. The summed E-state index contributed by atoms with van der Waals surface area (Å²) in [6, 6.07) is 14.9. The number of H-pyrrole nitrogens is 2. The highest BCUT2D eigenvalue weighted by Gasteiger charge is 2.64. The number of piperazine rings is 1. The fourth-order valence-corrected chi connectivity index (χ4v) is 16.9. The number of hydrogen-bond acceptors (Lipinski definition) is 18. The number of nitrogens with zero attached hydrogens (tertiary/aromatic N) is 7. The minimum absolute atomic E-state index is 0.0320. The highest BCUT2D eigenvalue weighted by atomic mass is 32.2. The SMILES string of the molecule is c1ccc2nc(C3(C4COCCN4C4CC(C5OCCCC5N5CCNCC5c5nc(-c6occc6-c6sccc6-c6[nH]ccc6-c6ncc[nH]6)cs5)NC4(C4NCCS4)N4CCCCC4)NCCO3)ncc2c1. The molecular formula is C54H65N13O4S3. The summed E-state index contributed by atoms with van der Waals surface area (Å²) in [5.74, 6) is 3.38. The first-order chi connectivity index (χ1) is 36.7. The van der Waals surface area contributed by atoms with E-state index in [0.717, 1.165) is 138 Å². The van der Waals surface area contributed by atoms with Crippen LogP contribution in [0, 0.1) is 0 Å². The second-order valence-corrected chi connectivity index (χ2v) is 23.8. The van der Waals surface area contributed by atoms with Gasteiger partial charge >= 0.3 is 0 Å². The van der Waals surface area contributed by atoms with E-state index in [1.54, 1.807) is 35.1 Å². The largest absolute Gasteiger partial charge is 0.462 e. The van der Waals surface area contributed by atoms with Crippen LogP contribution >= 0.6 is 34.4 Å². The monoisotopic (exact) mass is 1060 g/mol. The van der Waals surface area contributed by atoms with Crippen LogP contribution in [0.1, 0.15) is 55.4 Å². The predicted molar refractivity (Wildman–Crippen MR) is 290 cm³/mol. The molecule has 0 aliphatic carbocycles. The van der Waals surface area contributed by atoms with Crippen molar-refractivity contribution in [1.82, 2.24) is 65.9 Å². The number of fused-ring (bicyclic) bond motifs is 1. The van der Waals surface area contributed by atoms with Crippen molar-refractivity contribution in [3.8, 4) is 44.5 Å². The van der Waals surface area contributed by atoms with Crippen molar-refractivity contribution in [3.63, 3.8) is 0 Å². The van der Waals surface area contributed by atoms with Gasteiger partial charge in [0, 0.05) is 140 Å². The quantitative estimate of drug-likeness (QED) is 0.0760. The number of hydrogen-bond donors (Lipinski definition) is 6. The van der Waals surface area contributed by atoms with Crippen molar-refractivity contribution in [3.05, 3.63) is 95.1 Å². The fourth-order valence-electron chi connectivity index (χ4n) is 13.7. The summed E-state index contributed by atoms with van der Waals surface area (Å²) in [5.41, 5.74) is 4.66. The molecule has 1 aromatic carbocycles. The van der Waals surface area contributed by atoms with Crippen LogP contribution in [-0.2, 0) is 19.9 Å². The van der Waals surface area contributed by atoms with Crippen LogP contribution in [0.15, 0.2) is 88.7 Å². The van der Waals surface area contributed by atoms with Crippen molar-refractivity contribution < 1.29 is 18.6 Å². The zero-order valence-electron chi connectivity index (χ0n) is 41.5. The van der Waals surface area contributed by atoms with Gasteiger partial charge in [0.1, 0.15) is 22.2 Å². The highest BCUT2D eigenvalue weighted by molar-refractivity contribution is 8.00. The Morgan fingerprint density at radius 2 is 1.77 bits per heavy atom. The maximum Gasteiger partial charge on any atom is 0.197 e. The van der Waals surface area contributed by atoms with Crippen LogP contribution < -0.4 is 21.3 Å². The summed E-state index contributed by atoms with van der Waals surface area (Å²) in [6.45, 7) is 9.76. The van der Waals surface area contributed by atoms with Crippen LogP contribution in [0.2, 0.25) is 0 Å². The number of thiazole rings is 1. The molecule has 0 bridgehead atoms. The molecule has 6 aromatic heterocycles. The molecule has 9 atom stereocenters.